The topological polar surface area (TPSA) is 73.1 Å². The van der Waals surface area contributed by atoms with Crippen LogP contribution in [0.5, 0.6) is 0 Å². The highest BCUT2D eigenvalue weighted by molar-refractivity contribution is 7.10. The summed E-state index contributed by atoms with van der Waals surface area (Å²) in [6.45, 7) is 1.95. The van der Waals surface area contributed by atoms with Gasteiger partial charge >= 0.3 is 0 Å². The molecule has 2 heterocycles. The summed E-state index contributed by atoms with van der Waals surface area (Å²) in [4.78, 5) is 28.5. The Morgan fingerprint density at radius 2 is 2.16 bits per heavy atom. The van der Waals surface area contributed by atoms with Crippen LogP contribution in [0.15, 0.2) is 23.7 Å². The highest BCUT2D eigenvalue weighted by Crippen LogP contribution is 2.21. The zero-order chi connectivity index (χ0) is 14.0. The molecule has 0 amide bonds. The van der Waals surface area contributed by atoms with E-state index in [4.69, 9.17) is 17.3 Å². The third-order valence-corrected chi connectivity index (χ3v) is 3.87. The first-order chi connectivity index (χ1) is 9.00. The van der Waals surface area contributed by atoms with Gasteiger partial charge in [0.1, 0.15) is 5.82 Å². The molecule has 19 heavy (non-hydrogen) atoms. The lowest BCUT2D eigenvalue weighted by atomic mass is 10.0. The standard InChI is InChI=1S/C13H11ClN2O2S/c1-7-8(3-5-19-7)6-10(17)9-2-4-16-13(15)11(9)12(14)18/h2-5H,6H2,1H3,(H2,15,16). The molecule has 0 aliphatic carbocycles. The van der Waals surface area contributed by atoms with Crippen LogP contribution >= 0.6 is 22.9 Å². The Kier molecular flexibility index (Phi) is 3.97. The zero-order valence-electron chi connectivity index (χ0n) is 10.1. The number of rotatable bonds is 4. The molecule has 98 valence electrons. The second-order valence-electron chi connectivity index (χ2n) is 3.99. The number of Topliss-reactive ketones (excluding diaryl/α,β-unsaturated/α-hetero) is 1. The van der Waals surface area contributed by atoms with E-state index in [1.807, 2.05) is 18.4 Å². The van der Waals surface area contributed by atoms with Gasteiger partial charge in [0, 0.05) is 23.1 Å². The molecule has 2 aromatic heterocycles. The zero-order valence-corrected chi connectivity index (χ0v) is 11.7. The van der Waals surface area contributed by atoms with Crippen LogP contribution in [0.4, 0.5) is 5.82 Å². The van der Waals surface area contributed by atoms with Crippen molar-refractivity contribution in [1.29, 1.82) is 0 Å². The lowest BCUT2D eigenvalue weighted by Gasteiger charge is -2.07. The van der Waals surface area contributed by atoms with Gasteiger partial charge in [0.2, 0.25) is 0 Å². The Morgan fingerprint density at radius 3 is 2.74 bits per heavy atom. The molecule has 0 atom stereocenters. The number of nitrogen functional groups attached to an aromatic ring is 1. The molecule has 4 nitrogen and oxygen atoms in total. The van der Waals surface area contributed by atoms with E-state index < -0.39 is 5.24 Å². The molecule has 2 aromatic rings. The van der Waals surface area contributed by atoms with Crippen molar-refractivity contribution in [3.05, 3.63) is 45.3 Å². The van der Waals surface area contributed by atoms with Gasteiger partial charge in [-0.15, -0.1) is 11.3 Å². The fourth-order valence-electron chi connectivity index (χ4n) is 1.78. The third kappa shape index (κ3) is 2.83. The number of hydrogen-bond donors (Lipinski definition) is 1. The molecule has 2 rings (SSSR count). The van der Waals surface area contributed by atoms with E-state index >= 15 is 0 Å². The van der Waals surface area contributed by atoms with Crippen LogP contribution in [0.2, 0.25) is 0 Å². The van der Waals surface area contributed by atoms with Crippen LogP contribution in [0, 0.1) is 6.92 Å². The van der Waals surface area contributed by atoms with Crippen LogP contribution in [-0.4, -0.2) is 16.0 Å². The number of ketones is 1. The quantitative estimate of drug-likeness (QED) is 0.695. The highest BCUT2D eigenvalue weighted by Gasteiger charge is 2.20. The van der Waals surface area contributed by atoms with Crippen LogP contribution in [0.1, 0.15) is 31.2 Å². The van der Waals surface area contributed by atoms with Gasteiger partial charge in [-0.2, -0.15) is 0 Å². The Balaban J connectivity index is 2.37. The number of thiophene rings is 1. The van der Waals surface area contributed by atoms with Crippen molar-refractivity contribution in [1.82, 2.24) is 4.98 Å². The van der Waals surface area contributed by atoms with Crippen molar-refractivity contribution in [3.8, 4) is 0 Å². The van der Waals surface area contributed by atoms with Gasteiger partial charge in [0.25, 0.3) is 5.24 Å². The monoisotopic (exact) mass is 294 g/mol. The summed E-state index contributed by atoms with van der Waals surface area (Å²) < 4.78 is 0. The molecule has 0 spiro atoms. The number of carbonyl (C=O) groups excluding carboxylic acids is 2. The fourth-order valence-corrected chi connectivity index (χ4v) is 2.71. The summed E-state index contributed by atoms with van der Waals surface area (Å²) >= 11 is 7.03. The maximum atomic E-state index is 12.3. The van der Waals surface area contributed by atoms with Crippen molar-refractivity contribution >= 4 is 39.8 Å². The van der Waals surface area contributed by atoms with E-state index in [1.54, 1.807) is 11.3 Å². The summed E-state index contributed by atoms with van der Waals surface area (Å²) in [5.41, 5.74) is 6.75. The molecule has 0 aliphatic heterocycles. The van der Waals surface area contributed by atoms with Gasteiger partial charge < -0.3 is 5.73 Å². The van der Waals surface area contributed by atoms with Crippen molar-refractivity contribution in [2.24, 2.45) is 0 Å². The molecule has 0 saturated carbocycles. The summed E-state index contributed by atoms with van der Waals surface area (Å²) in [6, 6.07) is 3.36. The predicted molar refractivity (Wildman–Crippen MR) is 75.9 cm³/mol. The lowest BCUT2D eigenvalue weighted by Crippen LogP contribution is -2.12. The van der Waals surface area contributed by atoms with E-state index in [0.717, 1.165) is 10.4 Å². The number of nitrogens with zero attached hydrogens (tertiary/aromatic N) is 1. The Hall–Kier alpha value is -1.72. The molecule has 0 unspecified atom stereocenters. The van der Waals surface area contributed by atoms with E-state index in [-0.39, 0.29) is 29.1 Å². The Morgan fingerprint density at radius 1 is 1.42 bits per heavy atom. The second-order valence-corrected chi connectivity index (χ2v) is 5.46. The van der Waals surface area contributed by atoms with Crippen molar-refractivity contribution < 1.29 is 9.59 Å². The maximum Gasteiger partial charge on any atom is 0.256 e. The molecule has 0 aliphatic rings. The van der Waals surface area contributed by atoms with Crippen molar-refractivity contribution in [3.63, 3.8) is 0 Å². The second kappa shape index (κ2) is 5.50. The summed E-state index contributed by atoms with van der Waals surface area (Å²) in [7, 11) is 0. The first kappa shape index (κ1) is 13.7. The number of aromatic nitrogens is 1. The molecular weight excluding hydrogens is 284 g/mol. The molecule has 0 aromatic carbocycles. The summed E-state index contributed by atoms with van der Waals surface area (Å²) in [5.74, 6) is -0.215. The number of carbonyl (C=O) groups is 2. The third-order valence-electron chi connectivity index (χ3n) is 2.79. The molecule has 0 fully saturated rings. The molecule has 0 saturated heterocycles. The molecule has 0 bridgehead atoms. The van der Waals surface area contributed by atoms with E-state index in [2.05, 4.69) is 4.98 Å². The van der Waals surface area contributed by atoms with Crippen LogP contribution in [0.3, 0.4) is 0 Å². The molecule has 0 radical (unpaired) electrons. The smallest absolute Gasteiger partial charge is 0.256 e. The van der Waals surface area contributed by atoms with Crippen molar-refractivity contribution in [2.45, 2.75) is 13.3 Å². The maximum absolute atomic E-state index is 12.3. The van der Waals surface area contributed by atoms with Gasteiger partial charge in [0.15, 0.2) is 5.78 Å². The SMILES string of the molecule is Cc1sccc1CC(=O)c1ccnc(N)c1C(=O)Cl. The van der Waals surface area contributed by atoms with Crippen LogP contribution < -0.4 is 5.73 Å². The molecule has 6 heteroatoms. The average molecular weight is 295 g/mol. The van der Waals surface area contributed by atoms with Gasteiger partial charge in [-0.1, -0.05) is 0 Å². The highest BCUT2D eigenvalue weighted by atomic mass is 35.5. The minimum absolute atomic E-state index is 0.0120. The lowest BCUT2D eigenvalue weighted by molar-refractivity contribution is 0.0982. The first-order valence-electron chi connectivity index (χ1n) is 5.51. The van der Waals surface area contributed by atoms with Crippen LogP contribution in [0.25, 0.3) is 0 Å². The van der Waals surface area contributed by atoms with E-state index in [0.29, 0.717) is 0 Å². The molecular formula is C13H11ClN2O2S. The number of anilines is 1. The van der Waals surface area contributed by atoms with Gasteiger partial charge in [-0.3, -0.25) is 9.59 Å². The average Bonchev–Trinajstić information content (AvgIpc) is 2.74. The van der Waals surface area contributed by atoms with E-state index in [1.165, 1.54) is 12.3 Å². The summed E-state index contributed by atoms with van der Waals surface area (Å²) in [6.07, 6.45) is 1.61. The number of hydrogen-bond acceptors (Lipinski definition) is 5. The number of nitrogens with two attached hydrogens (primary N) is 1. The number of aryl methyl sites for hydroxylation is 1. The largest absolute Gasteiger partial charge is 0.383 e. The summed E-state index contributed by atoms with van der Waals surface area (Å²) in [5, 5.41) is 1.16. The normalized spacial score (nSPS) is 10.4. The van der Waals surface area contributed by atoms with Gasteiger partial charge in [-0.25, -0.2) is 4.98 Å². The minimum Gasteiger partial charge on any atom is -0.383 e. The van der Waals surface area contributed by atoms with Gasteiger partial charge in [-0.05, 0) is 41.6 Å². The predicted octanol–water partition coefficient (Wildman–Crippen LogP) is 2.84. The van der Waals surface area contributed by atoms with Crippen molar-refractivity contribution in [2.75, 3.05) is 5.73 Å². The Bertz CT molecular complexity index is 652. The number of halogens is 1. The van der Waals surface area contributed by atoms with Crippen LogP contribution in [-0.2, 0) is 6.42 Å². The van der Waals surface area contributed by atoms with Gasteiger partial charge in [0.05, 0.1) is 5.56 Å². The number of pyridine rings is 1. The minimum atomic E-state index is -0.768. The molecule has 2 N–H and O–H groups in total. The van der Waals surface area contributed by atoms with E-state index in [9.17, 15) is 9.59 Å². The first-order valence-corrected chi connectivity index (χ1v) is 6.77. The fraction of sp³-hybridized carbons (Fsp3) is 0.154. The Labute approximate surface area is 119 Å².